The molecule has 0 spiro atoms. The van der Waals surface area contributed by atoms with E-state index in [0.717, 1.165) is 30.3 Å². The van der Waals surface area contributed by atoms with Crippen LogP contribution in [0.15, 0.2) is 42.5 Å². The van der Waals surface area contributed by atoms with Gasteiger partial charge in [0.2, 0.25) is 0 Å². The number of non-ortho nitro benzene ring substituents is 1. The largest absolute Gasteiger partial charge is 0.496 e. The molecule has 0 fully saturated rings. The molecular weight excluding hydrogens is 385 g/mol. The van der Waals surface area contributed by atoms with Crippen LogP contribution in [0.5, 0.6) is 5.75 Å². The predicted octanol–water partition coefficient (Wildman–Crippen LogP) is 3.42. The summed E-state index contributed by atoms with van der Waals surface area (Å²) >= 11 is 0. The zero-order valence-corrected chi connectivity index (χ0v) is 14.3. The maximum absolute atomic E-state index is 12.7. The lowest BCUT2D eigenvalue weighted by atomic mass is 10.2. The fourth-order valence-corrected chi connectivity index (χ4v) is 2.15. The second kappa shape index (κ2) is 8.37. The summed E-state index contributed by atoms with van der Waals surface area (Å²) in [4.78, 5) is 34.0. The van der Waals surface area contributed by atoms with Gasteiger partial charge in [0.1, 0.15) is 11.3 Å². The maximum atomic E-state index is 12.7. The van der Waals surface area contributed by atoms with Crippen LogP contribution in [0.25, 0.3) is 0 Å². The highest BCUT2D eigenvalue weighted by molar-refractivity contribution is 5.97. The van der Waals surface area contributed by atoms with E-state index < -0.39 is 35.1 Å². The maximum Gasteiger partial charge on any atom is 0.416 e. The van der Waals surface area contributed by atoms with Crippen LogP contribution in [0.4, 0.5) is 24.5 Å². The van der Waals surface area contributed by atoms with Gasteiger partial charge >= 0.3 is 12.1 Å². The van der Waals surface area contributed by atoms with Crippen molar-refractivity contribution in [2.75, 3.05) is 19.0 Å². The molecule has 148 valence electrons. The summed E-state index contributed by atoms with van der Waals surface area (Å²) in [6, 6.07) is 7.14. The Labute approximate surface area is 156 Å². The Morgan fingerprint density at radius 2 is 1.89 bits per heavy atom. The first-order valence-electron chi connectivity index (χ1n) is 7.58. The van der Waals surface area contributed by atoms with E-state index in [-0.39, 0.29) is 22.7 Å². The van der Waals surface area contributed by atoms with Crippen LogP contribution < -0.4 is 10.1 Å². The Morgan fingerprint density at radius 1 is 1.18 bits per heavy atom. The molecule has 0 aliphatic heterocycles. The summed E-state index contributed by atoms with van der Waals surface area (Å²) in [6.45, 7) is -0.819. The first kappa shape index (κ1) is 20.7. The monoisotopic (exact) mass is 398 g/mol. The summed E-state index contributed by atoms with van der Waals surface area (Å²) in [7, 11) is 1.23. The Kier molecular flexibility index (Phi) is 6.18. The Balaban J connectivity index is 2.04. The Morgan fingerprint density at radius 3 is 2.50 bits per heavy atom. The van der Waals surface area contributed by atoms with Crippen molar-refractivity contribution in [1.82, 2.24) is 0 Å². The number of carbonyl (C=O) groups is 2. The van der Waals surface area contributed by atoms with Crippen LogP contribution in [0, 0.1) is 10.1 Å². The zero-order valence-electron chi connectivity index (χ0n) is 14.3. The predicted molar refractivity (Wildman–Crippen MR) is 90.0 cm³/mol. The molecule has 1 N–H and O–H groups in total. The van der Waals surface area contributed by atoms with E-state index in [4.69, 9.17) is 9.47 Å². The summed E-state index contributed by atoms with van der Waals surface area (Å²) in [5.74, 6) is -1.97. The number of esters is 1. The van der Waals surface area contributed by atoms with Gasteiger partial charge in [0.25, 0.3) is 11.6 Å². The molecule has 0 aromatic heterocycles. The first-order valence-corrected chi connectivity index (χ1v) is 7.58. The van der Waals surface area contributed by atoms with Crippen LogP contribution in [0.1, 0.15) is 15.9 Å². The van der Waals surface area contributed by atoms with Gasteiger partial charge in [0.15, 0.2) is 6.61 Å². The number of carbonyl (C=O) groups excluding carboxylic acids is 2. The van der Waals surface area contributed by atoms with Crippen LogP contribution in [0.3, 0.4) is 0 Å². The number of alkyl halides is 3. The number of benzene rings is 2. The van der Waals surface area contributed by atoms with Gasteiger partial charge in [-0.05, 0) is 24.3 Å². The third kappa shape index (κ3) is 5.19. The second-order valence-electron chi connectivity index (χ2n) is 5.34. The lowest BCUT2D eigenvalue weighted by Gasteiger charge is -2.11. The second-order valence-corrected chi connectivity index (χ2v) is 5.34. The normalized spacial score (nSPS) is 10.9. The minimum atomic E-state index is -4.58. The van der Waals surface area contributed by atoms with Crippen molar-refractivity contribution in [3.05, 3.63) is 63.7 Å². The van der Waals surface area contributed by atoms with Crippen molar-refractivity contribution in [2.24, 2.45) is 0 Å². The van der Waals surface area contributed by atoms with Gasteiger partial charge in [0.05, 0.1) is 17.6 Å². The number of amides is 1. The molecule has 1 amide bonds. The number of ether oxygens (including phenoxy) is 2. The zero-order chi connectivity index (χ0) is 20.9. The minimum Gasteiger partial charge on any atom is -0.496 e. The third-order valence-electron chi connectivity index (χ3n) is 3.42. The highest BCUT2D eigenvalue weighted by Crippen LogP contribution is 2.30. The summed E-state index contributed by atoms with van der Waals surface area (Å²) in [5, 5.41) is 13.0. The number of nitrogens with one attached hydrogen (secondary N) is 1. The van der Waals surface area contributed by atoms with Crippen LogP contribution in [-0.2, 0) is 15.7 Å². The lowest BCUT2D eigenvalue weighted by molar-refractivity contribution is -0.384. The van der Waals surface area contributed by atoms with E-state index >= 15 is 0 Å². The quantitative estimate of drug-likeness (QED) is 0.454. The van der Waals surface area contributed by atoms with Crippen molar-refractivity contribution in [3.63, 3.8) is 0 Å². The molecule has 8 nitrogen and oxygen atoms in total. The molecule has 0 unspecified atom stereocenters. The molecule has 0 saturated heterocycles. The van der Waals surface area contributed by atoms with Crippen molar-refractivity contribution in [3.8, 4) is 5.75 Å². The van der Waals surface area contributed by atoms with E-state index in [0.29, 0.717) is 0 Å². The molecule has 0 saturated carbocycles. The number of hydrogen-bond donors (Lipinski definition) is 1. The smallest absolute Gasteiger partial charge is 0.416 e. The molecule has 11 heteroatoms. The van der Waals surface area contributed by atoms with Gasteiger partial charge in [0, 0.05) is 17.8 Å². The number of hydrogen-bond acceptors (Lipinski definition) is 6. The van der Waals surface area contributed by atoms with E-state index in [1.165, 1.54) is 19.2 Å². The molecule has 28 heavy (non-hydrogen) atoms. The highest BCUT2D eigenvalue weighted by Gasteiger charge is 2.30. The Bertz CT molecular complexity index is 914. The molecule has 2 rings (SSSR count). The minimum absolute atomic E-state index is 0.00566. The van der Waals surface area contributed by atoms with Gasteiger partial charge in [-0.15, -0.1) is 0 Å². The molecule has 0 atom stereocenters. The van der Waals surface area contributed by atoms with E-state index in [1.54, 1.807) is 0 Å². The summed E-state index contributed by atoms with van der Waals surface area (Å²) in [5.41, 5.74) is -1.75. The van der Waals surface area contributed by atoms with Gasteiger partial charge in [-0.25, -0.2) is 4.79 Å². The molecular formula is C17H13F3N2O6. The number of nitro groups is 1. The van der Waals surface area contributed by atoms with Crippen molar-refractivity contribution < 1.29 is 37.2 Å². The SMILES string of the molecule is COc1ccc([N+](=O)[O-])cc1C(=O)OCC(=O)Nc1cccc(C(F)(F)F)c1. The number of anilines is 1. The molecule has 0 aliphatic rings. The number of halogens is 3. The number of nitro benzene ring substituents is 1. The number of methoxy groups -OCH3 is 1. The number of rotatable bonds is 6. The van der Waals surface area contributed by atoms with Crippen LogP contribution in [0.2, 0.25) is 0 Å². The fourth-order valence-electron chi connectivity index (χ4n) is 2.15. The summed E-state index contributed by atoms with van der Waals surface area (Å²) in [6.07, 6.45) is -4.58. The van der Waals surface area contributed by atoms with Crippen LogP contribution in [-0.4, -0.2) is 30.5 Å². The van der Waals surface area contributed by atoms with Gasteiger partial charge in [-0.1, -0.05) is 6.07 Å². The molecule has 0 aliphatic carbocycles. The van der Waals surface area contributed by atoms with Gasteiger partial charge < -0.3 is 14.8 Å². The first-order chi connectivity index (χ1) is 13.1. The molecule has 0 heterocycles. The van der Waals surface area contributed by atoms with E-state index in [1.807, 2.05) is 0 Å². The molecule has 0 radical (unpaired) electrons. The third-order valence-corrected chi connectivity index (χ3v) is 3.42. The van der Waals surface area contributed by atoms with Crippen molar-refractivity contribution in [1.29, 1.82) is 0 Å². The fraction of sp³-hybridized carbons (Fsp3) is 0.176. The van der Waals surface area contributed by atoms with E-state index in [9.17, 15) is 32.9 Å². The summed E-state index contributed by atoms with van der Waals surface area (Å²) < 4.78 is 47.7. The van der Waals surface area contributed by atoms with Crippen molar-refractivity contribution in [2.45, 2.75) is 6.18 Å². The molecule has 0 bridgehead atoms. The highest BCUT2D eigenvalue weighted by atomic mass is 19.4. The lowest BCUT2D eigenvalue weighted by Crippen LogP contribution is -2.21. The standard InChI is InChI=1S/C17H13F3N2O6/c1-27-14-6-5-12(22(25)26)8-13(14)16(24)28-9-15(23)21-11-4-2-3-10(7-11)17(18,19)20/h2-8H,9H2,1H3,(H,21,23). The molecule has 2 aromatic rings. The van der Waals surface area contributed by atoms with Gasteiger partial charge in [-0.3, -0.25) is 14.9 Å². The Hall–Kier alpha value is -3.63. The number of nitrogens with zero attached hydrogens (tertiary/aromatic N) is 1. The average Bonchev–Trinajstić information content (AvgIpc) is 2.65. The van der Waals surface area contributed by atoms with E-state index in [2.05, 4.69) is 5.32 Å². The average molecular weight is 398 g/mol. The topological polar surface area (TPSA) is 108 Å². The van der Waals surface area contributed by atoms with Crippen LogP contribution >= 0.6 is 0 Å². The van der Waals surface area contributed by atoms with Gasteiger partial charge in [-0.2, -0.15) is 13.2 Å². The van der Waals surface area contributed by atoms with Crippen molar-refractivity contribution >= 4 is 23.3 Å². The molecule has 2 aromatic carbocycles.